The van der Waals surface area contributed by atoms with E-state index in [0.717, 1.165) is 22.3 Å². The zero-order valence-corrected chi connectivity index (χ0v) is 13.8. The predicted octanol–water partition coefficient (Wildman–Crippen LogP) is 3.55. The molecule has 2 aromatic rings. The Morgan fingerprint density at radius 2 is 1.60 bits per heavy atom. The van der Waals surface area contributed by atoms with E-state index in [1.165, 1.54) is 11.9 Å². The summed E-state index contributed by atoms with van der Waals surface area (Å²) in [5.41, 5.74) is 4.60. The van der Waals surface area contributed by atoms with E-state index < -0.39 is 12.0 Å². The highest BCUT2D eigenvalue weighted by Crippen LogP contribution is 2.44. The summed E-state index contributed by atoms with van der Waals surface area (Å²) in [5.74, 6) is -0.790. The van der Waals surface area contributed by atoms with Gasteiger partial charge in [0.15, 0.2) is 0 Å². The molecule has 6 heteroatoms. The first-order chi connectivity index (χ1) is 12.1. The Morgan fingerprint density at radius 1 is 1.04 bits per heavy atom. The zero-order valence-electron chi connectivity index (χ0n) is 13.8. The van der Waals surface area contributed by atoms with Gasteiger partial charge >= 0.3 is 6.09 Å². The minimum absolute atomic E-state index is 0.0111. The third-order valence-corrected chi connectivity index (χ3v) is 4.41. The summed E-state index contributed by atoms with van der Waals surface area (Å²) in [5, 5.41) is 2.31. The summed E-state index contributed by atoms with van der Waals surface area (Å²) in [6.45, 7) is 0.318. The van der Waals surface area contributed by atoms with Crippen molar-refractivity contribution in [1.29, 1.82) is 0 Å². The molecule has 0 bridgehead atoms. The van der Waals surface area contributed by atoms with Crippen LogP contribution in [0.4, 0.5) is 4.79 Å². The molecule has 0 saturated carbocycles. The van der Waals surface area contributed by atoms with Crippen molar-refractivity contribution in [1.82, 2.24) is 4.90 Å². The number of hydrogen-bond donors (Lipinski definition) is 0. The Hall–Kier alpha value is -3.02. The number of carbonyl (C=O) groups is 2. The summed E-state index contributed by atoms with van der Waals surface area (Å²) < 4.78 is 5.43. The highest BCUT2D eigenvalue weighted by Gasteiger charge is 2.29. The number of benzene rings is 2. The van der Waals surface area contributed by atoms with Crippen molar-refractivity contribution in [2.24, 2.45) is 5.18 Å². The van der Waals surface area contributed by atoms with Gasteiger partial charge in [-0.1, -0.05) is 48.5 Å². The van der Waals surface area contributed by atoms with Crippen molar-refractivity contribution in [3.05, 3.63) is 64.6 Å². The van der Waals surface area contributed by atoms with Gasteiger partial charge in [0.1, 0.15) is 6.61 Å². The molecule has 6 nitrogen and oxygen atoms in total. The normalized spacial score (nSPS) is 12.2. The number of rotatable bonds is 5. The molecule has 3 rings (SSSR count). The van der Waals surface area contributed by atoms with Gasteiger partial charge in [-0.15, -0.1) is 4.91 Å². The highest BCUT2D eigenvalue weighted by atomic mass is 16.6. The van der Waals surface area contributed by atoms with Crippen molar-refractivity contribution in [3.63, 3.8) is 0 Å². The molecule has 0 saturated heterocycles. The minimum atomic E-state index is -0.779. The van der Waals surface area contributed by atoms with E-state index in [1.807, 2.05) is 36.4 Å². The topological polar surface area (TPSA) is 76.0 Å². The number of fused-ring (bicyclic) bond motifs is 3. The Bertz CT molecular complexity index is 773. The van der Waals surface area contributed by atoms with E-state index in [1.54, 1.807) is 0 Å². The molecule has 0 N–H and O–H groups in total. The smallest absolute Gasteiger partial charge is 0.409 e. The number of nitroso groups, excluding NO2 is 1. The summed E-state index contributed by atoms with van der Waals surface area (Å²) >= 11 is 0. The molecule has 0 aromatic heterocycles. The fourth-order valence-electron chi connectivity index (χ4n) is 3.10. The summed E-state index contributed by atoms with van der Waals surface area (Å²) in [7, 11) is 1.52. The van der Waals surface area contributed by atoms with Crippen LogP contribution in [0.1, 0.15) is 23.5 Å². The quantitative estimate of drug-likeness (QED) is 0.781. The van der Waals surface area contributed by atoms with Crippen molar-refractivity contribution in [3.8, 4) is 11.1 Å². The SMILES string of the molecule is CN(CCC(=O)N=O)C(=O)OCC1c2ccccc2-c2ccccc21. The van der Waals surface area contributed by atoms with Crippen LogP contribution >= 0.6 is 0 Å². The van der Waals surface area contributed by atoms with Crippen LogP contribution < -0.4 is 0 Å². The third kappa shape index (κ3) is 3.42. The van der Waals surface area contributed by atoms with E-state index in [2.05, 4.69) is 17.3 Å². The minimum Gasteiger partial charge on any atom is -0.448 e. The number of hydrogen-bond acceptors (Lipinski definition) is 4. The van der Waals surface area contributed by atoms with Crippen LogP contribution in [0.2, 0.25) is 0 Å². The standard InChI is InChI=1S/C19H18N2O4/c1-21(11-10-18(22)20-24)19(23)25-12-17-15-8-4-2-6-13(15)14-7-3-5-9-16(14)17/h2-9,17H,10-12H2,1H3. The number of ether oxygens (including phenoxy) is 1. The van der Waals surface area contributed by atoms with E-state index in [-0.39, 0.29) is 25.5 Å². The molecule has 25 heavy (non-hydrogen) atoms. The van der Waals surface area contributed by atoms with E-state index in [9.17, 15) is 14.5 Å². The first-order valence-electron chi connectivity index (χ1n) is 8.04. The molecule has 2 amide bonds. The Morgan fingerprint density at radius 3 is 2.16 bits per heavy atom. The lowest BCUT2D eigenvalue weighted by Crippen LogP contribution is -2.30. The molecule has 0 heterocycles. The number of amides is 2. The highest BCUT2D eigenvalue weighted by molar-refractivity contribution is 5.79. The van der Waals surface area contributed by atoms with Crippen LogP contribution in [-0.2, 0) is 9.53 Å². The first-order valence-corrected chi connectivity index (χ1v) is 8.04. The summed E-state index contributed by atoms with van der Waals surface area (Å²) in [6.07, 6.45) is -0.634. The molecule has 1 aliphatic carbocycles. The van der Waals surface area contributed by atoms with Gasteiger partial charge in [-0.05, 0) is 22.3 Å². The molecule has 0 aliphatic heterocycles. The monoisotopic (exact) mass is 338 g/mol. The van der Waals surface area contributed by atoms with Crippen molar-refractivity contribution in [2.45, 2.75) is 12.3 Å². The van der Waals surface area contributed by atoms with Gasteiger partial charge in [-0.2, -0.15) is 0 Å². The molecule has 128 valence electrons. The maximum Gasteiger partial charge on any atom is 0.409 e. The van der Waals surface area contributed by atoms with E-state index >= 15 is 0 Å². The Balaban J connectivity index is 1.68. The van der Waals surface area contributed by atoms with Gasteiger partial charge < -0.3 is 9.64 Å². The second kappa shape index (κ2) is 7.25. The van der Waals surface area contributed by atoms with Gasteiger partial charge in [0.25, 0.3) is 5.91 Å². The number of nitrogens with zero attached hydrogens (tertiary/aromatic N) is 2. The molecule has 0 unspecified atom stereocenters. The van der Waals surface area contributed by atoms with Gasteiger partial charge in [0.05, 0.1) is 6.42 Å². The first kappa shape index (κ1) is 16.8. The molecule has 0 atom stereocenters. The molecule has 2 aromatic carbocycles. The van der Waals surface area contributed by atoms with Crippen LogP contribution in [0.5, 0.6) is 0 Å². The zero-order chi connectivity index (χ0) is 17.8. The second-order valence-corrected chi connectivity index (χ2v) is 5.96. The second-order valence-electron chi connectivity index (χ2n) is 5.96. The molecule has 0 fully saturated rings. The molecular formula is C19H18N2O4. The average Bonchev–Trinajstić information content (AvgIpc) is 2.97. The third-order valence-electron chi connectivity index (χ3n) is 4.41. The average molecular weight is 338 g/mol. The maximum atomic E-state index is 12.1. The lowest BCUT2D eigenvalue weighted by atomic mass is 9.98. The van der Waals surface area contributed by atoms with Crippen molar-refractivity contribution in [2.75, 3.05) is 20.2 Å². The molecule has 0 radical (unpaired) electrons. The van der Waals surface area contributed by atoms with Gasteiger partial charge in [-0.25, -0.2) is 4.79 Å². The largest absolute Gasteiger partial charge is 0.448 e. The van der Waals surface area contributed by atoms with Crippen molar-refractivity contribution < 1.29 is 14.3 Å². The lowest BCUT2D eigenvalue weighted by molar-refractivity contribution is -0.118. The fourth-order valence-corrected chi connectivity index (χ4v) is 3.10. The maximum absolute atomic E-state index is 12.1. The molecular weight excluding hydrogens is 320 g/mol. The van der Waals surface area contributed by atoms with Crippen LogP contribution in [0.25, 0.3) is 11.1 Å². The van der Waals surface area contributed by atoms with Gasteiger partial charge in [-0.3, -0.25) is 4.79 Å². The molecule has 1 aliphatic rings. The van der Waals surface area contributed by atoms with Crippen LogP contribution in [-0.4, -0.2) is 37.1 Å². The molecule has 0 spiro atoms. The Labute approximate surface area is 145 Å². The van der Waals surface area contributed by atoms with Crippen molar-refractivity contribution >= 4 is 12.0 Å². The Kier molecular flexibility index (Phi) is 4.88. The predicted molar refractivity (Wildman–Crippen MR) is 93.1 cm³/mol. The number of carbonyl (C=O) groups excluding carboxylic acids is 2. The van der Waals surface area contributed by atoms with E-state index in [0.29, 0.717) is 0 Å². The van der Waals surface area contributed by atoms with Crippen LogP contribution in [0, 0.1) is 4.91 Å². The van der Waals surface area contributed by atoms with E-state index in [4.69, 9.17) is 4.74 Å². The lowest BCUT2D eigenvalue weighted by Gasteiger charge is -2.19. The summed E-state index contributed by atoms with van der Waals surface area (Å²) in [4.78, 5) is 34.4. The summed E-state index contributed by atoms with van der Waals surface area (Å²) in [6, 6.07) is 16.2. The van der Waals surface area contributed by atoms with Gasteiger partial charge in [0, 0.05) is 24.7 Å². The fraction of sp³-hybridized carbons (Fsp3) is 0.263. The van der Waals surface area contributed by atoms with Gasteiger partial charge in [0.2, 0.25) is 0 Å². The van der Waals surface area contributed by atoms with Crippen LogP contribution in [0.3, 0.4) is 0 Å². The van der Waals surface area contributed by atoms with Crippen LogP contribution in [0.15, 0.2) is 53.7 Å².